The number of carboxylic acid groups (broad SMARTS) is 1. The fourth-order valence-corrected chi connectivity index (χ4v) is 3.83. The van der Waals surface area contributed by atoms with Gasteiger partial charge in [-0.05, 0) is 54.4 Å². The quantitative estimate of drug-likeness (QED) is 0.889. The SMILES string of the molecule is CC1(C(=O)O)CCCN1Cc1nnc(-c2ccc(Br)s2)o1. The first kappa shape index (κ1) is 14.7. The van der Waals surface area contributed by atoms with Crippen molar-refractivity contribution in [2.45, 2.75) is 31.8 Å². The lowest BCUT2D eigenvalue weighted by molar-refractivity contribution is -0.149. The minimum absolute atomic E-state index is 0.363. The second-order valence-electron chi connectivity index (χ2n) is 5.21. The monoisotopic (exact) mass is 371 g/mol. The Labute approximate surface area is 133 Å². The molecule has 0 aliphatic carbocycles. The predicted molar refractivity (Wildman–Crippen MR) is 81.0 cm³/mol. The van der Waals surface area contributed by atoms with Gasteiger partial charge < -0.3 is 9.52 Å². The van der Waals surface area contributed by atoms with E-state index in [-0.39, 0.29) is 0 Å². The summed E-state index contributed by atoms with van der Waals surface area (Å²) < 4.78 is 6.65. The Morgan fingerprint density at radius 2 is 2.38 bits per heavy atom. The number of likely N-dealkylation sites (tertiary alicyclic amines) is 1. The molecule has 21 heavy (non-hydrogen) atoms. The van der Waals surface area contributed by atoms with E-state index < -0.39 is 11.5 Å². The van der Waals surface area contributed by atoms with Crippen LogP contribution in [0.15, 0.2) is 20.3 Å². The van der Waals surface area contributed by atoms with E-state index in [1.54, 1.807) is 6.92 Å². The Balaban J connectivity index is 1.77. The van der Waals surface area contributed by atoms with Gasteiger partial charge in [-0.25, -0.2) is 0 Å². The van der Waals surface area contributed by atoms with Crippen molar-refractivity contribution >= 4 is 33.2 Å². The van der Waals surface area contributed by atoms with Gasteiger partial charge in [-0.3, -0.25) is 9.69 Å². The molecule has 3 heterocycles. The lowest BCUT2D eigenvalue weighted by Gasteiger charge is -2.29. The van der Waals surface area contributed by atoms with Crippen molar-refractivity contribution in [1.29, 1.82) is 0 Å². The van der Waals surface area contributed by atoms with Gasteiger partial charge in [0, 0.05) is 0 Å². The van der Waals surface area contributed by atoms with Crippen molar-refractivity contribution in [1.82, 2.24) is 15.1 Å². The van der Waals surface area contributed by atoms with Crippen molar-refractivity contribution in [3.8, 4) is 10.8 Å². The molecule has 0 radical (unpaired) electrons. The molecule has 8 heteroatoms. The van der Waals surface area contributed by atoms with Crippen LogP contribution in [0.25, 0.3) is 10.8 Å². The summed E-state index contributed by atoms with van der Waals surface area (Å²) >= 11 is 4.91. The maximum atomic E-state index is 11.4. The lowest BCUT2D eigenvalue weighted by Crippen LogP contribution is -2.47. The molecule has 1 saturated heterocycles. The zero-order valence-electron chi connectivity index (χ0n) is 11.4. The minimum Gasteiger partial charge on any atom is -0.480 e. The first-order chi connectivity index (χ1) is 9.99. The van der Waals surface area contributed by atoms with Crippen LogP contribution in [0, 0.1) is 0 Å². The van der Waals surface area contributed by atoms with Gasteiger partial charge >= 0.3 is 5.97 Å². The molecule has 2 aromatic rings. The molecule has 6 nitrogen and oxygen atoms in total. The highest BCUT2D eigenvalue weighted by atomic mass is 79.9. The molecule has 0 aromatic carbocycles. The van der Waals surface area contributed by atoms with Crippen molar-refractivity contribution in [2.75, 3.05) is 6.54 Å². The molecule has 1 aliphatic rings. The highest BCUT2D eigenvalue weighted by Gasteiger charge is 2.43. The van der Waals surface area contributed by atoms with E-state index in [0.29, 0.717) is 24.7 Å². The molecule has 0 saturated carbocycles. The third-order valence-corrected chi connectivity index (χ3v) is 5.44. The third kappa shape index (κ3) is 2.75. The molecular weight excluding hydrogens is 358 g/mol. The average molecular weight is 372 g/mol. The average Bonchev–Trinajstić information content (AvgIpc) is 3.12. The summed E-state index contributed by atoms with van der Waals surface area (Å²) in [5.74, 6) is 0.114. The van der Waals surface area contributed by atoms with Crippen molar-refractivity contribution in [2.24, 2.45) is 0 Å². The molecule has 1 N–H and O–H groups in total. The molecule has 2 aromatic heterocycles. The van der Waals surface area contributed by atoms with Gasteiger partial charge in [0.1, 0.15) is 5.54 Å². The van der Waals surface area contributed by atoms with E-state index in [4.69, 9.17) is 4.42 Å². The Bertz CT molecular complexity index is 671. The van der Waals surface area contributed by atoms with Gasteiger partial charge in [0.25, 0.3) is 5.89 Å². The second-order valence-corrected chi connectivity index (χ2v) is 7.67. The van der Waals surface area contributed by atoms with E-state index in [1.807, 2.05) is 17.0 Å². The summed E-state index contributed by atoms with van der Waals surface area (Å²) in [6.07, 6.45) is 1.50. The van der Waals surface area contributed by atoms with Crippen LogP contribution in [0.1, 0.15) is 25.7 Å². The maximum absolute atomic E-state index is 11.4. The van der Waals surface area contributed by atoms with Gasteiger partial charge in [-0.1, -0.05) is 0 Å². The van der Waals surface area contributed by atoms with Crippen LogP contribution < -0.4 is 0 Å². The van der Waals surface area contributed by atoms with Gasteiger partial charge in [-0.2, -0.15) is 0 Å². The Morgan fingerprint density at radius 3 is 3.05 bits per heavy atom. The number of halogens is 1. The number of carboxylic acids is 1. The molecule has 112 valence electrons. The number of rotatable bonds is 4. The normalized spacial score (nSPS) is 22.8. The van der Waals surface area contributed by atoms with Gasteiger partial charge in [0.2, 0.25) is 5.89 Å². The topological polar surface area (TPSA) is 79.5 Å². The minimum atomic E-state index is -0.847. The molecule has 0 amide bonds. The number of nitrogens with zero attached hydrogens (tertiary/aromatic N) is 3. The molecule has 1 fully saturated rings. The van der Waals surface area contributed by atoms with Crippen LogP contribution in [0.5, 0.6) is 0 Å². The molecule has 3 rings (SSSR count). The molecule has 0 spiro atoms. The number of aliphatic carboxylic acids is 1. The third-order valence-electron chi connectivity index (χ3n) is 3.83. The van der Waals surface area contributed by atoms with E-state index in [2.05, 4.69) is 26.1 Å². The number of aromatic nitrogens is 2. The number of hydrogen-bond donors (Lipinski definition) is 1. The lowest BCUT2D eigenvalue weighted by atomic mass is 9.99. The van der Waals surface area contributed by atoms with Crippen LogP contribution in [0.2, 0.25) is 0 Å². The summed E-state index contributed by atoms with van der Waals surface area (Å²) in [5.41, 5.74) is -0.847. The van der Waals surface area contributed by atoms with Crippen LogP contribution in [-0.4, -0.2) is 38.3 Å². The molecule has 1 atom stereocenters. The molecule has 0 bridgehead atoms. The summed E-state index contributed by atoms with van der Waals surface area (Å²) in [4.78, 5) is 14.2. The van der Waals surface area contributed by atoms with Gasteiger partial charge in [0.15, 0.2) is 0 Å². The van der Waals surface area contributed by atoms with Crippen LogP contribution >= 0.6 is 27.3 Å². The number of hydrogen-bond acceptors (Lipinski definition) is 6. The standard InChI is InChI=1S/C13H14BrN3O3S/c1-13(12(18)19)5-2-6-17(13)7-10-15-16-11(20-10)8-3-4-9(14)21-8/h3-4H,2,5-7H2,1H3,(H,18,19). The van der Waals surface area contributed by atoms with E-state index in [0.717, 1.165) is 21.6 Å². The smallest absolute Gasteiger partial charge is 0.323 e. The summed E-state index contributed by atoms with van der Waals surface area (Å²) in [6.45, 7) is 2.84. The van der Waals surface area contributed by atoms with Crippen molar-refractivity contribution < 1.29 is 14.3 Å². The highest BCUT2D eigenvalue weighted by molar-refractivity contribution is 9.11. The largest absolute Gasteiger partial charge is 0.480 e. The highest BCUT2D eigenvalue weighted by Crippen LogP contribution is 2.33. The Morgan fingerprint density at radius 1 is 1.57 bits per heavy atom. The van der Waals surface area contributed by atoms with E-state index in [1.165, 1.54) is 11.3 Å². The zero-order chi connectivity index (χ0) is 15.0. The summed E-state index contributed by atoms with van der Waals surface area (Å²) in [6, 6.07) is 3.83. The summed E-state index contributed by atoms with van der Waals surface area (Å²) in [7, 11) is 0. The molecule has 1 unspecified atom stereocenters. The predicted octanol–water partition coefficient (Wildman–Crippen LogP) is 3.00. The molecular formula is C13H14BrN3O3S. The zero-order valence-corrected chi connectivity index (χ0v) is 13.8. The number of carbonyl (C=O) groups is 1. The fraction of sp³-hybridized carbons (Fsp3) is 0.462. The van der Waals surface area contributed by atoms with Crippen LogP contribution in [0.3, 0.4) is 0 Å². The Kier molecular flexibility index (Phi) is 3.85. The molecule has 1 aliphatic heterocycles. The van der Waals surface area contributed by atoms with Crippen molar-refractivity contribution in [3.63, 3.8) is 0 Å². The van der Waals surface area contributed by atoms with Crippen LogP contribution in [0.4, 0.5) is 0 Å². The maximum Gasteiger partial charge on any atom is 0.323 e. The first-order valence-electron chi connectivity index (χ1n) is 6.55. The van der Waals surface area contributed by atoms with Crippen molar-refractivity contribution in [3.05, 3.63) is 21.8 Å². The van der Waals surface area contributed by atoms with Crippen LogP contribution in [-0.2, 0) is 11.3 Å². The Hall–Kier alpha value is -1.25. The van der Waals surface area contributed by atoms with E-state index in [9.17, 15) is 9.90 Å². The first-order valence-corrected chi connectivity index (χ1v) is 8.16. The number of thiophene rings is 1. The van der Waals surface area contributed by atoms with Gasteiger partial charge in [-0.15, -0.1) is 21.5 Å². The fourth-order valence-electron chi connectivity index (χ4n) is 2.52. The summed E-state index contributed by atoms with van der Waals surface area (Å²) in [5, 5.41) is 17.5. The van der Waals surface area contributed by atoms with Gasteiger partial charge in [0.05, 0.1) is 15.2 Å². The second kappa shape index (κ2) is 5.51. The van der Waals surface area contributed by atoms with E-state index >= 15 is 0 Å².